The first-order valence-corrected chi connectivity index (χ1v) is 9.18. The van der Waals surface area contributed by atoms with Crippen LogP contribution in [0, 0.1) is 30.6 Å². The molecule has 3 fully saturated rings. The Bertz CT molecular complexity index is 775. The zero-order chi connectivity index (χ0) is 19.1. The standard InChI is InChI=1S/C18H21N3O6/c1-9-6-12(20-27-9)19-13(22)8-26-14(23)4-5-21-17(24)15-10-2-3-11(7-10)16(15)18(21)25/h6,10-11,15-16H,2-5,7-8H2,1H3,(H,19,20,22)/t10-,11-,15+,16+/m0/s1. The van der Waals surface area contributed by atoms with Crippen LogP contribution >= 0.6 is 0 Å². The maximum Gasteiger partial charge on any atom is 0.308 e. The highest BCUT2D eigenvalue weighted by atomic mass is 16.5. The maximum absolute atomic E-state index is 12.5. The molecule has 1 aromatic heterocycles. The summed E-state index contributed by atoms with van der Waals surface area (Å²) in [5, 5.41) is 6.04. The van der Waals surface area contributed by atoms with Crippen LogP contribution in [0.3, 0.4) is 0 Å². The van der Waals surface area contributed by atoms with Crippen LogP contribution < -0.4 is 5.32 Å². The first kappa shape index (κ1) is 17.7. The molecule has 144 valence electrons. The lowest BCUT2D eigenvalue weighted by Gasteiger charge is -2.19. The second kappa shape index (κ2) is 6.79. The molecule has 2 aliphatic carbocycles. The number of hydrogen-bond donors (Lipinski definition) is 1. The number of ether oxygens (including phenoxy) is 1. The van der Waals surface area contributed by atoms with Crippen LogP contribution in [-0.2, 0) is 23.9 Å². The zero-order valence-electron chi connectivity index (χ0n) is 15.0. The number of imide groups is 1. The number of nitrogens with zero attached hydrogens (tertiary/aromatic N) is 2. The SMILES string of the molecule is Cc1cc(NC(=O)COC(=O)CCN2C(=O)[C@@H]3[C@H]4CC[C@@H](C4)[C@H]3C2=O)no1. The molecule has 2 heterocycles. The molecule has 1 saturated heterocycles. The van der Waals surface area contributed by atoms with Gasteiger partial charge in [-0.2, -0.15) is 0 Å². The zero-order valence-corrected chi connectivity index (χ0v) is 15.0. The summed E-state index contributed by atoms with van der Waals surface area (Å²) in [6, 6.07) is 1.54. The van der Waals surface area contributed by atoms with Crippen LogP contribution in [0.15, 0.2) is 10.6 Å². The number of carbonyl (C=O) groups excluding carboxylic acids is 4. The van der Waals surface area contributed by atoms with Crippen molar-refractivity contribution in [2.75, 3.05) is 18.5 Å². The van der Waals surface area contributed by atoms with Gasteiger partial charge in [0.1, 0.15) is 5.76 Å². The van der Waals surface area contributed by atoms with Gasteiger partial charge in [0.2, 0.25) is 11.8 Å². The topological polar surface area (TPSA) is 119 Å². The van der Waals surface area contributed by atoms with E-state index >= 15 is 0 Å². The largest absolute Gasteiger partial charge is 0.456 e. The van der Waals surface area contributed by atoms with Crippen molar-refractivity contribution in [3.8, 4) is 0 Å². The fourth-order valence-corrected chi connectivity index (χ4v) is 4.72. The minimum atomic E-state index is -0.637. The Morgan fingerprint density at radius 3 is 2.52 bits per heavy atom. The van der Waals surface area contributed by atoms with Gasteiger partial charge in [-0.25, -0.2) is 0 Å². The Morgan fingerprint density at radius 1 is 1.26 bits per heavy atom. The summed E-state index contributed by atoms with van der Waals surface area (Å²) in [7, 11) is 0. The van der Waals surface area contributed by atoms with E-state index in [1.807, 2.05) is 0 Å². The van der Waals surface area contributed by atoms with Gasteiger partial charge in [0.15, 0.2) is 12.4 Å². The van der Waals surface area contributed by atoms with Crippen molar-refractivity contribution in [2.45, 2.75) is 32.6 Å². The molecular formula is C18H21N3O6. The summed E-state index contributed by atoms with van der Waals surface area (Å²) in [6.07, 6.45) is 2.88. The third kappa shape index (κ3) is 3.22. The summed E-state index contributed by atoms with van der Waals surface area (Å²) < 4.78 is 9.72. The highest BCUT2D eigenvalue weighted by Crippen LogP contribution is 2.56. The van der Waals surface area contributed by atoms with E-state index in [2.05, 4.69) is 10.5 Å². The number of hydrogen-bond acceptors (Lipinski definition) is 7. The average Bonchev–Trinajstić information content (AvgIpc) is 3.38. The van der Waals surface area contributed by atoms with E-state index in [-0.39, 0.29) is 42.4 Å². The van der Waals surface area contributed by atoms with Crippen LogP contribution in [0.25, 0.3) is 0 Å². The Labute approximate surface area is 155 Å². The van der Waals surface area contributed by atoms with Crippen LogP contribution in [-0.4, -0.2) is 46.9 Å². The first-order valence-electron chi connectivity index (χ1n) is 9.18. The van der Waals surface area contributed by atoms with E-state index in [0.29, 0.717) is 17.6 Å². The Morgan fingerprint density at radius 2 is 1.93 bits per heavy atom. The smallest absolute Gasteiger partial charge is 0.308 e. The molecule has 2 bridgehead atoms. The van der Waals surface area contributed by atoms with Gasteiger partial charge in [0, 0.05) is 12.6 Å². The monoisotopic (exact) mass is 375 g/mol. The third-order valence-corrected chi connectivity index (χ3v) is 5.82. The molecule has 9 heteroatoms. The van der Waals surface area contributed by atoms with Gasteiger partial charge in [-0.1, -0.05) is 5.16 Å². The lowest BCUT2D eigenvalue weighted by Crippen LogP contribution is -2.35. The number of nitrogens with one attached hydrogen (secondary N) is 1. The number of aromatic nitrogens is 1. The second-order valence-electron chi connectivity index (χ2n) is 7.49. The molecule has 27 heavy (non-hydrogen) atoms. The molecule has 3 amide bonds. The highest BCUT2D eigenvalue weighted by molar-refractivity contribution is 6.06. The van der Waals surface area contributed by atoms with Crippen molar-refractivity contribution in [2.24, 2.45) is 23.7 Å². The van der Waals surface area contributed by atoms with Crippen molar-refractivity contribution in [1.82, 2.24) is 10.1 Å². The summed E-state index contributed by atoms with van der Waals surface area (Å²) in [5.74, 6) is -0.447. The van der Waals surface area contributed by atoms with Crippen LogP contribution in [0.5, 0.6) is 0 Å². The lowest BCUT2D eigenvalue weighted by atomic mass is 9.81. The first-order chi connectivity index (χ1) is 12.9. The Balaban J connectivity index is 1.23. The number of aryl methyl sites for hydroxylation is 1. The second-order valence-corrected chi connectivity index (χ2v) is 7.49. The Kier molecular flexibility index (Phi) is 4.45. The van der Waals surface area contributed by atoms with Gasteiger partial charge in [0.05, 0.1) is 18.3 Å². The molecule has 2 saturated carbocycles. The van der Waals surface area contributed by atoms with Crippen LogP contribution in [0.1, 0.15) is 31.4 Å². The van der Waals surface area contributed by atoms with Crippen LogP contribution in [0.4, 0.5) is 5.82 Å². The van der Waals surface area contributed by atoms with Crippen molar-refractivity contribution in [1.29, 1.82) is 0 Å². The molecule has 4 rings (SSSR count). The van der Waals surface area contributed by atoms with E-state index in [0.717, 1.165) is 19.3 Å². The van der Waals surface area contributed by atoms with Crippen molar-refractivity contribution < 1.29 is 28.4 Å². The highest BCUT2D eigenvalue weighted by Gasteiger charge is 2.60. The fourth-order valence-electron chi connectivity index (χ4n) is 4.72. The van der Waals surface area contributed by atoms with E-state index in [9.17, 15) is 19.2 Å². The number of carbonyl (C=O) groups is 4. The number of likely N-dealkylation sites (tertiary alicyclic amines) is 1. The van der Waals surface area contributed by atoms with Crippen molar-refractivity contribution >= 4 is 29.5 Å². The summed E-state index contributed by atoms with van der Waals surface area (Å²) in [5.41, 5.74) is 0. The number of fused-ring (bicyclic) bond motifs is 5. The molecule has 1 aliphatic heterocycles. The van der Waals surface area contributed by atoms with Gasteiger partial charge in [0.25, 0.3) is 5.91 Å². The molecule has 1 aromatic rings. The molecule has 9 nitrogen and oxygen atoms in total. The van der Waals surface area contributed by atoms with E-state index in [1.165, 1.54) is 11.0 Å². The van der Waals surface area contributed by atoms with Crippen LogP contribution in [0.2, 0.25) is 0 Å². The molecule has 0 radical (unpaired) electrons. The summed E-state index contributed by atoms with van der Waals surface area (Å²) in [4.78, 5) is 49.9. The van der Waals surface area contributed by atoms with Crippen molar-refractivity contribution in [3.05, 3.63) is 11.8 Å². The molecule has 4 atom stereocenters. The summed E-state index contributed by atoms with van der Waals surface area (Å²) in [6.45, 7) is 1.22. The average molecular weight is 375 g/mol. The predicted molar refractivity (Wildman–Crippen MR) is 90.0 cm³/mol. The maximum atomic E-state index is 12.5. The molecule has 1 N–H and O–H groups in total. The van der Waals surface area contributed by atoms with Gasteiger partial charge in [-0.15, -0.1) is 0 Å². The number of rotatable bonds is 6. The Hall–Kier alpha value is -2.71. The van der Waals surface area contributed by atoms with E-state index < -0.39 is 18.5 Å². The third-order valence-electron chi connectivity index (χ3n) is 5.82. The van der Waals surface area contributed by atoms with E-state index in [4.69, 9.17) is 9.26 Å². The van der Waals surface area contributed by atoms with Gasteiger partial charge in [-0.05, 0) is 38.0 Å². The molecular weight excluding hydrogens is 354 g/mol. The summed E-state index contributed by atoms with van der Waals surface area (Å²) >= 11 is 0. The molecule has 0 unspecified atom stereocenters. The van der Waals surface area contributed by atoms with Gasteiger partial charge < -0.3 is 14.6 Å². The fraction of sp³-hybridized carbons (Fsp3) is 0.611. The number of esters is 1. The molecule has 0 aromatic carbocycles. The van der Waals surface area contributed by atoms with E-state index in [1.54, 1.807) is 6.92 Å². The number of amides is 3. The van der Waals surface area contributed by atoms with Gasteiger partial charge in [-0.3, -0.25) is 24.1 Å². The van der Waals surface area contributed by atoms with Crippen molar-refractivity contribution in [3.63, 3.8) is 0 Å². The quantitative estimate of drug-likeness (QED) is 0.579. The minimum Gasteiger partial charge on any atom is -0.456 e. The predicted octanol–water partition coefficient (Wildman–Crippen LogP) is 0.886. The normalized spacial score (nSPS) is 28.6. The molecule has 3 aliphatic rings. The lowest BCUT2D eigenvalue weighted by molar-refractivity contribution is -0.149. The van der Waals surface area contributed by atoms with Gasteiger partial charge >= 0.3 is 5.97 Å². The number of anilines is 1. The minimum absolute atomic E-state index is 0.00698. The molecule has 0 spiro atoms.